The van der Waals surface area contributed by atoms with Crippen molar-refractivity contribution in [3.05, 3.63) is 82.7 Å². The van der Waals surface area contributed by atoms with Gasteiger partial charge in [0, 0.05) is 43.0 Å². The number of nitrogens with zero attached hydrogens (tertiary/aromatic N) is 3. The maximum Gasteiger partial charge on any atom is 0.328 e. The zero-order valence-corrected chi connectivity index (χ0v) is 20.1. The number of carboxylic acids is 1. The summed E-state index contributed by atoms with van der Waals surface area (Å²) < 4.78 is 47.4. The summed E-state index contributed by atoms with van der Waals surface area (Å²) in [5.41, 5.74) is 1.85. The molecule has 0 amide bonds. The Balaban J connectivity index is 1.86. The molecule has 3 aromatic rings. The van der Waals surface area contributed by atoms with Crippen LogP contribution in [0.1, 0.15) is 49.1 Å². The Kier molecular flexibility index (Phi) is 6.60. The maximum atomic E-state index is 15.4. The van der Waals surface area contributed by atoms with Gasteiger partial charge in [0.2, 0.25) is 0 Å². The highest BCUT2D eigenvalue weighted by Crippen LogP contribution is 2.42. The van der Waals surface area contributed by atoms with Gasteiger partial charge < -0.3 is 5.11 Å². The average Bonchev–Trinajstić information content (AvgIpc) is 3.19. The minimum absolute atomic E-state index is 0.0117. The van der Waals surface area contributed by atoms with E-state index in [1.54, 1.807) is 15.8 Å². The van der Waals surface area contributed by atoms with Gasteiger partial charge in [0.05, 0.1) is 12.2 Å². The summed E-state index contributed by atoms with van der Waals surface area (Å²) in [6, 6.07) is 6.94. The molecule has 2 atom stereocenters. The summed E-state index contributed by atoms with van der Waals surface area (Å²) in [6.07, 6.45) is 6.21. The Morgan fingerprint density at radius 1 is 1.20 bits per heavy atom. The van der Waals surface area contributed by atoms with E-state index in [2.05, 4.69) is 5.10 Å². The molecule has 0 fully saturated rings. The van der Waals surface area contributed by atoms with Crippen LogP contribution in [0.5, 0.6) is 0 Å². The van der Waals surface area contributed by atoms with Gasteiger partial charge in [0.1, 0.15) is 17.3 Å². The molecule has 1 N–H and O–H groups in total. The van der Waals surface area contributed by atoms with Crippen LogP contribution in [-0.2, 0) is 18.3 Å². The zero-order chi connectivity index (χ0) is 25.5. The summed E-state index contributed by atoms with van der Waals surface area (Å²) in [6.45, 7) is 4.81. The molecule has 0 radical (unpaired) electrons. The number of carbonyl (C=O) groups is 1. The number of aryl methyl sites for hydroxylation is 1. The smallest absolute Gasteiger partial charge is 0.328 e. The Labute approximate surface area is 202 Å². The van der Waals surface area contributed by atoms with E-state index in [1.807, 2.05) is 38.4 Å². The molecule has 0 bridgehead atoms. The van der Waals surface area contributed by atoms with E-state index in [0.29, 0.717) is 12.0 Å². The van der Waals surface area contributed by atoms with Crippen molar-refractivity contribution in [1.29, 1.82) is 0 Å². The van der Waals surface area contributed by atoms with Crippen LogP contribution < -0.4 is 0 Å². The van der Waals surface area contributed by atoms with Crippen LogP contribution in [0.15, 0.2) is 48.8 Å². The van der Waals surface area contributed by atoms with Crippen LogP contribution in [0.25, 0.3) is 17.2 Å². The van der Waals surface area contributed by atoms with Gasteiger partial charge in [-0.1, -0.05) is 18.2 Å². The lowest BCUT2D eigenvalue weighted by molar-refractivity contribution is -0.131. The monoisotopic (exact) mass is 483 g/mol. The fraction of sp³-hybridized carbons (Fsp3) is 0.333. The lowest BCUT2D eigenvalue weighted by Crippen LogP contribution is -2.48. The third kappa shape index (κ3) is 5.32. The molecular formula is C27H28F3N3O2. The topological polar surface area (TPSA) is 58.4 Å². The van der Waals surface area contributed by atoms with Crippen molar-refractivity contribution in [3.63, 3.8) is 0 Å². The fourth-order valence-electron chi connectivity index (χ4n) is 4.80. The molecule has 8 heteroatoms. The lowest BCUT2D eigenvalue weighted by atomic mass is 9.82. The number of hydrogen-bond acceptors (Lipinski definition) is 3. The van der Waals surface area contributed by atoms with Gasteiger partial charge >= 0.3 is 5.97 Å². The number of rotatable bonds is 6. The van der Waals surface area contributed by atoms with E-state index in [4.69, 9.17) is 5.11 Å². The van der Waals surface area contributed by atoms with Gasteiger partial charge in [0.25, 0.3) is 0 Å². The first-order chi connectivity index (χ1) is 16.4. The Morgan fingerprint density at radius 3 is 2.46 bits per heavy atom. The van der Waals surface area contributed by atoms with Crippen molar-refractivity contribution in [2.24, 2.45) is 7.05 Å². The molecule has 35 heavy (non-hydrogen) atoms. The second-order valence-electron chi connectivity index (χ2n) is 9.73. The molecular weight excluding hydrogens is 455 g/mol. The van der Waals surface area contributed by atoms with Crippen LogP contribution in [0.2, 0.25) is 0 Å². The van der Waals surface area contributed by atoms with Gasteiger partial charge in [-0.3, -0.25) is 9.58 Å². The number of fused-ring (bicyclic) bond motifs is 1. The van der Waals surface area contributed by atoms with Gasteiger partial charge in [-0.05, 0) is 67.7 Å². The Hall–Kier alpha value is -3.39. The minimum Gasteiger partial charge on any atom is -0.478 e. The molecule has 5 nitrogen and oxygen atoms in total. The molecule has 1 aliphatic rings. The zero-order valence-electron chi connectivity index (χ0n) is 20.1. The standard InChI is InChI=1S/C27H28F3N3O2/c1-16-9-19-12-18(20-13-31-32(4)14-20)6-7-21(19)26(33(16)15-27(2,3)30)25-22(28)10-17(11-23(25)29)5-8-24(34)35/h5-8,10-14,16,26H,9,15H2,1-4H3,(H,34,35)/b8-5+/t16-,26?/m1/s1. The van der Waals surface area contributed by atoms with E-state index in [9.17, 15) is 9.18 Å². The normalized spacial score (nSPS) is 18.7. The molecule has 0 spiro atoms. The summed E-state index contributed by atoms with van der Waals surface area (Å²) in [5, 5.41) is 13.1. The SMILES string of the molecule is C[C@@H]1Cc2cc(-c3cnn(C)c3)ccc2C(c2c(F)cc(/C=C/C(=O)O)cc2F)N1CC(C)(C)F. The molecule has 1 unspecified atom stereocenters. The highest BCUT2D eigenvalue weighted by atomic mass is 19.1. The predicted molar refractivity (Wildman–Crippen MR) is 129 cm³/mol. The predicted octanol–water partition coefficient (Wildman–Crippen LogP) is 5.55. The van der Waals surface area contributed by atoms with E-state index < -0.39 is 29.3 Å². The maximum absolute atomic E-state index is 15.4. The van der Waals surface area contributed by atoms with E-state index in [1.165, 1.54) is 13.8 Å². The fourth-order valence-corrected chi connectivity index (χ4v) is 4.80. The number of carboxylic acid groups (broad SMARTS) is 1. The van der Waals surface area contributed by atoms with Gasteiger partial charge in [-0.15, -0.1) is 0 Å². The van der Waals surface area contributed by atoms with E-state index >= 15 is 8.78 Å². The molecule has 4 rings (SSSR count). The average molecular weight is 484 g/mol. The van der Waals surface area contributed by atoms with Gasteiger partial charge in [0.15, 0.2) is 0 Å². The van der Waals surface area contributed by atoms with E-state index in [0.717, 1.165) is 41.0 Å². The molecule has 2 heterocycles. The molecule has 1 aromatic heterocycles. The second-order valence-corrected chi connectivity index (χ2v) is 9.73. The molecule has 0 saturated carbocycles. The number of hydrogen-bond donors (Lipinski definition) is 1. The third-order valence-electron chi connectivity index (χ3n) is 6.24. The highest BCUT2D eigenvalue weighted by molar-refractivity contribution is 5.85. The van der Waals surface area contributed by atoms with Gasteiger partial charge in [-0.2, -0.15) is 5.10 Å². The van der Waals surface area contributed by atoms with Crippen molar-refractivity contribution in [1.82, 2.24) is 14.7 Å². The van der Waals surface area contributed by atoms with Crippen LogP contribution in [0, 0.1) is 11.6 Å². The highest BCUT2D eigenvalue weighted by Gasteiger charge is 2.39. The first-order valence-corrected chi connectivity index (χ1v) is 11.4. The Morgan fingerprint density at radius 2 is 1.89 bits per heavy atom. The second kappa shape index (κ2) is 9.34. The molecule has 1 aliphatic heterocycles. The number of aliphatic carboxylic acids is 1. The van der Waals surface area contributed by atoms with Crippen molar-refractivity contribution >= 4 is 12.0 Å². The summed E-state index contributed by atoms with van der Waals surface area (Å²) in [4.78, 5) is 12.6. The quantitative estimate of drug-likeness (QED) is 0.468. The largest absolute Gasteiger partial charge is 0.478 e. The van der Waals surface area contributed by atoms with Crippen LogP contribution in [0.3, 0.4) is 0 Å². The molecule has 2 aromatic carbocycles. The minimum atomic E-state index is -1.59. The van der Waals surface area contributed by atoms with Crippen molar-refractivity contribution < 1.29 is 23.1 Å². The Bertz CT molecular complexity index is 1270. The summed E-state index contributed by atoms with van der Waals surface area (Å²) >= 11 is 0. The summed E-state index contributed by atoms with van der Waals surface area (Å²) in [7, 11) is 1.83. The summed E-state index contributed by atoms with van der Waals surface area (Å²) in [5.74, 6) is -2.83. The number of alkyl halides is 1. The van der Waals surface area contributed by atoms with Crippen molar-refractivity contribution in [2.45, 2.75) is 44.9 Å². The van der Waals surface area contributed by atoms with Gasteiger partial charge in [-0.25, -0.2) is 18.0 Å². The molecule has 0 aliphatic carbocycles. The number of benzene rings is 2. The van der Waals surface area contributed by atoms with Crippen molar-refractivity contribution in [2.75, 3.05) is 6.54 Å². The number of aromatic nitrogens is 2. The first-order valence-electron chi connectivity index (χ1n) is 11.4. The van der Waals surface area contributed by atoms with Crippen molar-refractivity contribution in [3.8, 4) is 11.1 Å². The van der Waals surface area contributed by atoms with Crippen LogP contribution in [-0.4, -0.2) is 44.0 Å². The molecule has 184 valence electrons. The molecule has 0 saturated heterocycles. The van der Waals surface area contributed by atoms with E-state index in [-0.39, 0.29) is 23.7 Å². The lowest BCUT2D eigenvalue weighted by Gasteiger charge is -2.44. The first kappa shape index (κ1) is 24.7. The van der Waals surface area contributed by atoms with Crippen LogP contribution >= 0.6 is 0 Å². The van der Waals surface area contributed by atoms with Crippen LogP contribution in [0.4, 0.5) is 13.2 Å². The number of halogens is 3. The third-order valence-corrected chi connectivity index (χ3v) is 6.24.